The van der Waals surface area contributed by atoms with Gasteiger partial charge in [-0.15, -0.1) is 0 Å². The van der Waals surface area contributed by atoms with Crippen LogP contribution in [-0.4, -0.2) is 9.97 Å². The Balaban J connectivity index is 0.000000396. The Labute approximate surface area is 76.4 Å². The maximum Gasteiger partial charge on any atom is 0.248 e. The van der Waals surface area contributed by atoms with Crippen LogP contribution in [0.15, 0.2) is 35.4 Å². The molecule has 0 atom stereocenters. The van der Waals surface area contributed by atoms with Gasteiger partial charge in [-0.05, 0) is 12.1 Å². The maximum absolute atomic E-state index is 10.8. The largest absolute Gasteiger partial charge is 0.322 e. The molecule has 0 saturated carbocycles. The van der Waals surface area contributed by atoms with E-state index in [0.717, 1.165) is 10.9 Å². The van der Waals surface area contributed by atoms with Gasteiger partial charge in [0.1, 0.15) is 0 Å². The molecule has 2 aromatic heterocycles. The van der Waals surface area contributed by atoms with Crippen LogP contribution in [0.1, 0.15) is 13.8 Å². The Kier molecular flexibility index (Phi) is 3.20. The van der Waals surface area contributed by atoms with E-state index in [0.29, 0.717) is 0 Å². The van der Waals surface area contributed by atoms with Crippen LogP contribution in [0.3, 0.4) is 0 Å². The molecule has 2 rings (SSSR count). The molecule has 0 aliphatic rings. The Morgan fingerprint density at radius 1 is 1.23 bits per heavy atom. The molecule has 68 valence electrons. The van der Waals surface area contributed by atoms with Gasteiger partial charge in [-0.3, -0.25) is 9.78 Å². The first-order chi connectivity index (χ1) is 6.36. The van der Waals surface area contributed by atoms with Crippen molar-refractivity contribution in [3.63, 3.8) is 0 Å². The van der Waals surface area contributed by atoms with Crippen molar-refractivity contribution in [3.05, 3.63) is 40.9 Å². The summed E-state index contributed by atoms with van der Waals surface area (Å²) in [5, 5.41) is 0.951. The monoisotopic (exact) mass is 176 g/mol. The van der Waals surface area contributed by atoms with Gasteiger partial charge in [-0.1, -0.05) is 13.8 Å². The van der Waals surface area contributed by atoms with Gasteiger partial charge in [0.05, 0.1) is 5.52 Å². The Bertz CT molecular complexity index is 434. The summed E-state index contributed by atoms with van der Waals surface area (Å²) >= 11 is 0. The molecule has 3 nitrogen and oxygen atoms in total. The fourth-order valence-corrected chi connectivity index (χ4v) is 0.993. The number of nitrogens with zero attached hydrogens (tertiary/aromatic N) is 1. The van der Waals surface area contributed by atoms with Crippen molar-refractivity contribution in [2.75, 3.05) is 0 Å². The van der Waals surface area contributed by atoms with E-state index in [1.165, 1.54) is 6.07 Å². The summed E-state index contributed by atoms with van der Waals surface area (Å²) in [7, 11) is 0. The van der Waals surface area contributed by atoms with Gasteiger partial charge in [-0.25, -0.2) is 0 Å². The zero-order chi connectivity index (χ0) is 9.68. The molecular formula is C10H12N2O. The van der Waals surface area contributed by atoms with E-state index in [9.17, 15) is 4.79 Å². The molecule has 0 amide bonds. The zero-order valence-electron chi connectivity index (χ0n) is 7.74. The van der Waals surface area contributed by atoms with Crippen molar-refractivity contribution in [1.29, 1.82) is 0 Å². The average Bonchev–Trinajstić information content (AvgIpc) is 2.21. The van der Waals surface area contributed by atoms with Crippen LogP contribution in [-0.2, 0) is 0 Å². The third kappa shape index (κ3) is 2.15. The van der Waals surface area contributed by atoms with E-state index in [4.69, 9.17) is 0 Å². The summed E-state index contributed by atoms with van der Waals surface area (Å²) in [6.07, 6.45) is 3.36. The second kappa shape index (κ2) is 4.40. The van der Waals surface area contributed by atoms with Crippen LogP contribution < -0.4 is 5.56 Å². The highest BCUT2D eigenvalue weighted by Gasteiger charge is 1.90. The van der Waals surface area contributed by atoms with Crippen LogP contribution in [0.5, 0.6) is 0 Å². The molecule has 0 fully saturated rings. The summed E-state index contributed by atoms with van der Waals surface area (Å²) in [6.45, 7) is 4.00. The van der Waals surface area contributed by atoms with Crippen LogP contribution in [0, 0.1) is 0 Å². The second-order valence-electron chi connectivity index (χ2n) is 2.29. The standard InChI is InChI=1S/C8H6N2O.C2H6/c11-8-2-1-6-5-9-4-3-7(6)10-8;1-2/h1-5H,(H,10,11);1-2H3. The van der Waals surface area contributed by atoms with E-state index >= 15 is 0 Å². The highest BCUT2D eigenvalue weighted by Crippen LogP contribution is 2.04. The Morgan fingerprint density at radius 2 is 2.00 bits per heavy atom. The maximum atomic E-state index is 10.8. The van der Waals surface area contributed by atoms with E-state index in [1.54, 1.807) is 24.5 Å². The van der Waals surface area contributed by atoms with E-state index in [-0.39, 0.29) is 5.56 Å². The molecule has 0 bridgehead atoms. The minimum absolute atomic E-state index is 0.0799. The van der Waals surface area contributed by atoms with Crippen LogP contribution in [0.2, 0.25) is 0 Å². The molecule has 2 heterocycles. The molecule has 0 aliphatic heterocycles. The summed E-state index contributed by atoms with van der Waals surface area (Å²) in [5.41, 5.74) is 0.746. The van der Waals surface area contributed by atoms with E-state index < -0.39 is 0 Å². The van der Waals surface area contributed by atoms with Crippen molar-refractivity contribution >= 4 is 10.9 Å². The number of rotatable bonds is 0. The minimum atomic E-state index is -0.0799. The third-order valence-electron chi connectivity index (χ3n) is 1.52. The lowest BCUT2D eigenvalue weighted by Gasteiger charge is -1.92. The first-order valence-corrected chi connectivity index (χ1v) is 4.29. The molecule has 1 N–H and O–H groups in total. The predicted octanol–water partition coefficient (Wildman–Crippen LogP) is 1.95. The summed E-state index contributed by atoms with van der Waals surface area (Å²) in [5.74, 6) is 0. The number of aromatic nitrogens is 2. The molecule has 3 heteroatoms. The number of hydrogen-bond acceptors (Lipinski definition) is 2. The number of aromatic amines is 1. The van der Waals surface area contributed by atoms with Crippen molar-refractivity contribution in [2.24, 2.45) is 0 Å². The topological polar surface area (TPSA) is 45.8 Å². The molecule has 0 saturated heterocycles. The fraction of sp³-hybridized carbons (Fsp3) is 0.200. The number of hydrogen-bond donors (Lipinski definition) is 1. The van der Waals surface area contributed by atoms with Gasteiger partial charge in [0.25, 0.3) is 0 Å². The lowest BCUT2D eigenvalue weighted by atomic mass is 10.3. The summed E-state index contributed by atoms with van der Waals surface area (Å²) in [6, 6.07) is 5.02. The average molecular weight is 176 g/mol. The SMILES string of the molecule is CC.O=c1ccc2cnccc2[nH]1. The first kappa shape index (κ1) is 9.45. The van der Waals surface area contributed by atoms with E-state index in [1.807, 2.05) is 13.8 Å². The number of fused-ring (bicyclic) bond motifs is 1. The second-order valence-corrected chi connectivity index (χ2v) is 2.29. The van der Waals surface area contributed by atoms with Gasteiger partial charge in [0.2, 0.25) is 5.56 Å². The highest BCUT2D eigenvalue weighted by molar-refractivity contribution is 5.76. The van der Waals surface area contributed by atoms with Gasteiger partial charge < -0.3 is 4.98 Å². The lowest BCUT2D eigenvalue weighted by molar-refractivity contribution is 1.28. The zero-order valence-corrected chi connectivity index (χ0v) is 7.74. The normalized spacial score (nSPS) is 9.08. The quantitative estimate of drug-likeness (QED) is 0.666. The molecule has 0 unspecified atom stereocenters. The van der Waals surface area contributed by atoms with E-state index in [2.05, 4.69) is 9.97 Å². The third-order valence-corrected chi connectivity index (χ3v) is 1.52. The van der Waals surface area contributed by atoms with Crippen LogP contribution in [0.4, 0.5) is 0 Å². The Morgan fingerprint density at radius 3 is 2.77 bits per heavy atom. The fourth-order valence-electron chi connectivity index (χ4n) is 0.993. The van der Waals surface area contributed by atoms with Crippen molar-refractivity contribution in [1.82, 2.24) is 9.97 Å². The molecular weight excluding hydrogens is 164 g/mol. The molecule has 0 spiro atoms. The van der Waals surface area contributed by atoms with Gasteiger partial charge >= 0.3 is 0 Å². The Hall–Kier alpha value is -1.64. The molecule has 0 radical (unpaired) electrons. The van der Waals surface area contributed by atoms with Gasteiger partial charge in [0.15, 0.2) is 0 Å². The van der Waals surface area contributed by atoms with Crippen molar-refractivity contribution in [3.8, 4) is 0 Å². The molecule has 0 aliphatic carbocycles. The molecule has 2 aromatic rings. The minimum Gasteiger partial charge on any atom is -0.322 e. The van der Waals surface area contributed by atoms with Crippen LogP contribution >= 0.6 is 0 Å². The van der Waals surface area contributed by atoms with Crippen LogP contribution in [0.25, 0.3) is 10.9 Å². The summed E-state index contributed by atoms with van der Waals surface area (Å²) in [4.78, 5) is 17.4. The summed E-state index contributed by atoms with van der Waals surface area (Å²) < 4.78 is 0. The van der Waals surface area contributed by atoms with Gasteiger partial charge in [0, 0.05) is 23.8 Å². The predicted molar refractivity (Wildman–Crippen MR) is 53.7 cm³/mol. The number of H-pyrrole nitrogens is 1. The lowest BCUT2D eigenvalue weighted by Crippen LogP contribution is -2.01. The number of nitrogens with one attached hydrogen (secondary N) is 1. The van der Waals surface area contributed by atoms with Gasteiger partial charge in [-0.2, -0.15) is 0 Å². The molecule has 0 aromatic carbocycles. The molecule has 13 heavy (non-hydrogen) atoms. The smallest absolute Gasteiger partial charge is 0.248 e. The van der Waals surface area contributed by atoms with Crippen molar-refractivity contribution in [2.45, 2.75) is 13.8 Å². The number of pyridine rings is 2. The first-order valence-electron chi connectivity index (χ1n) is 4.29. The van der Waals surface area contributed by atoms with Crippen molar-refractivity contribution < 1.29 is 0 Å². The highest BCUT2D eigenvalue weighted by atomic mass is 16.1.